The highest BCUT2D eigenvalue weighted by Crippen LogP contribution is 2.25. The molecule has 0 spiro atoms. The second-order valence-corrected chi connectivity index (χ2v) is 6.48. The Morgan fingerprint density at radius 3 is 2.75 bits per heavy atom. The molecule has 2 aromatic carbocycles. The molecule has 0 saturated carbocycles. The molecule has 4 nitrogen and oxygen atoms in total. The van der Waals surface area contributed by atoms with E-state index in [2.05, 4.69) is 15.3 Å². The van der Waals surface area contributed by atoms with Crippen LogP contribution in [0.2, 0.25) is 10.0 Å². The third kappa shape index (κ3) is 3.89. The molecule has 0 radical (unpaired) electrons. The summed E-state index contributed by atoms with van der Waals surface area (Å²) in [5, 5.41) is 3.95. The van der Waals surface area contributed by atoms with Crippen molar-refractivity contribution in [2.75, 3.05) is 0 Å². The molecule has 0 fully saturated rings. The number of para-hydroxylation sites is 2. The number of aromatic nitrogens is 2. The number of benzene rings is 2. The molecule has 0 aliphatic heterocycles. The predicted octanol–water partition coefficient (Wildman–Crippen LogP) is 4.68. The van der Waals surface area contributed by atoms with Crippen molar-refractivity contribution in [2.24, 2.45) is 0 Å². The molecule has 3 aromatic rings. The summed E-state index contributed by atoms with van der Waals surface area (Å²) in [6, 6.07) is 13.0. The molecule has 24 heavy (non-hydrogen) atoms. The Bertz CT molecular complexity index is 843. The van der Waals surface area contributed by atoms with Crippen LogP contribution in [0.15, 0.2) is 42.5 Å². The lowest BCUT2D eigenvalue weighted by Gasteiger charge is -2.14. The zero-order chi connectivity index (χ0) is 17.1. The van der Waals surface area contributed by atoms with E-state index < -0.39 is 0 Å². The number of amides is 1. The summed E-state index contributed by atoms with van der Waals surface area (Å²) in [5.41, 5.74) is 2.82. The van der Waals surface area contributed by atoms with Crippen molar-refractivity contribution >= 4 is 40.1 Å². The lowest BCUT2D eigenvalue weighted by atomic mass is 10.1. The molecule has 1 unspecified atom stereocenters. The Labute approximate surface area is 150 Å². The normalized spacial score (nSPS) is 12.3. The van der Waals surface area contributed by atoms with Gasteiger partial charge in [-0.15, -0.1) is 0 Å². The van der Waals surface area contributed by atoms with Crippen molar-refractivity contribution in [3.63, 3.8) is 0 Å². The van der Waals surface area contributed by atoms with Gasteiger partial charge in [0, 0.05) is 12.8 Å². The molecule has 0 aliphatic rings. The Kier molecular flexibility index (Phi) is 5.07. The van der Waals surface area contributed by atoms with Crippen molar-refractivity contribution in [1.29, 1.82) is 0 Å². The van der Waals surface area contributed by atoms with Gasteiger partial charge >= 0.3 is 0 Å². The maximum atomic E-state index is 12.2. The molecular weight excluding hydrogens is 345 g/mol. The summed E-state index contributed by atoms with van der Waals surface area (Å²) in [5.74, 6) is 0.780. The molecule has 124 valence electrons. The first-order chi connectivity index (χ1) is 11.5. The molecule has 0 saturated heterocycles. The first-order valence-electron chi connectivity index (χ1n) is 7.71. The average Bonchev–Trinajstić information content (AvgIpc) is 2.98. The van der Waals surface area contributed by atoms with Crippen LogP contribution in [0.5, 0.6) is 0 Å². The van der Waals surface area contributed by atoms with Crippen LogP contribution in [0.25, 0.3) is 11.0 Å². The first-order valence-corrected chi connectivity index (χ1v) is 8.46. The SMILES string of the molecule is CC(NC(=O)CCc1nc2ccccc2[nH]1)c1ccc(Cl)c(Cl)c1. The zero-order valence-corrected chi connectivity index (χ0v) is 14.7. The maximum Gasteiger partial charge on any atom is 0.220 e. The molecule has 1 aromatic heterocycles. The number of nitrogens with zero attached hydrogens (tertiary/aromatic N) is 1. The van der Waals surface area contributed by atoms with E-state index in [9.17, 15) is 4.79 Å². The minimum Gasteiger partial charge on any atom is -0.350 e. The van der Waals surface area contributed by atoms with Gasteiger partial charge in [-0.2, -0.15) is 0 Å². The first kappa shape index (κ1) is 16.8. The van der Waals surface area contributed by atoms with E-state index >= 15 is 0 Å². The van der Waals surface area contributed by atoms with E-state index in [1.54, 1.807) is 12.1 Å². The molecule has 2 N–H and O–H groups in total. The van der Waals surface area contributed by atoms with Crippen molar-refractivity contribution in [1.82, 2.24) is 15.3 Å². The van der Waals surface area contributed by atoms with Gasteiger partial charge in [-0.25, -0.2) is 4.98 Å². The second-order valence-electron chi connectivity index (χ2n) is 5.66. The zero-order valence-electron chi connectivity index (χ0n) is 13.1. The summed E-state index contributed by atoms with van der Waals surface area (Å²) in [6.45, 7) is 1.92. The maximum absolute atomic E-state index is 12.2. The number of H-pyrrole nitrogens is 1. The molecule has 6 heteroatoms. The predicted molar refractivity (Wildman–Crippen MR) is 97.4 cm³/mol. The fourth-order valence-corrected chi connectivity index (χ4v) is 2.84. The number of aryl methyl sites for hydroxylation is 1. The minimum atomic E-state index is -0.136. The summed E-state index contributed by atoms with van der Waals surface area (Å²) in [6.07, 6.45) is 0.931. The van der Waals surface area contributed by atoms with E-state index in [-0.39, 0.29) is 11.9 Å². The molecule has 3 rings (SSSR count). The van der Waals surface area contributed by atoms with E-state index in [1.807, 2.05) is 37.3 Å². The second kappa shape index (κ2) is 7.24. The summed E-state index contributed by atoms with van der Waals surface area (Å²) in [7, 11) is 0. The van der Waals surface area contributed by atoms with Crippen molar-refractivity contribution in [3.8, 4) is 0 Å². The fourth-order valence-electron chi connectivity index (χ4n) is 2.53. The summed E-state index contributed by atoms with van der Waals surface area (Å²) >= 11 is 11.9. The molecular formula is C18H17Cl2N3O. The van der Waals surface area contributed by atoms with Gasteiger partial charge in [0.2, 0.25) is 5.91 Å². The Balaban J connectivity index is 1.57. The monoisotopic (exact) mass is 361 g/mol. The summed E-state index contributed by atoms with van der Waals surface area (Å²) < 4.78 is 0. The van der Waals surface area contributed by atoms with Crippen molar-refractivity contribution in [3.05, 3.63) is 63.9 Å². The van der Waals surface area contributed by atoms with E-state index in [0.29, 0.717) is 22.9 Å². The highest BCUT2D eigenvalue weighted by atomic mass is 35.5. The van der Waals surface area contributed by atoms with Gasteiger partial charge in [-0.05, 0) is 36.8 Å². The number of aromatic amines is 1. The van der Waals surface area contributed by atoms with Crippen LogP contribution in [-0.2, 0) is 11.2 Å². The Hall–Kier alpha value is -2.04. The van der Waals surface area contributed by atoms with Gasteiger partial charge in [0.25, 0.3) is 0 Å². The van der Waals surface area contributed by atoms with Gasteiger partial charge < -0.3 is 10.3 Å². The smallest absolute Gasteiger partial charge is 0.220 e. The van der Waals surface area contributed by atoms with E-state index in [0.717, 1.165) is 22.4 Å². The average molecular weight is 362 g/mol. The number of hydrogen-bond donors (Lipinski definition) is 2. The molecule has 0 aliphatic carbocycles. The van der Waals surface area contributed by atoms with Crippen LogP contribution in [0.3, 0.4) is 0 Å². The molecule has 1 heterocycles. The molecule has 0 bridgehead atoms. The standard InChI is InChI=1S/C18H17Cl2N3O/c1-11(12-6-7-13(19)14(20)10-12)21-18(24)9-8-17-22-15-4-2-3-5-16(15)23-17/h2-7,10-11H,8-9H2,1H3,(H,21,24)(H,22,23). The number of fused-ring (bicyclic) bond motifs is 1. The highest BCUT2D eigenvalue weighted by Gasteiger charge is 2.12. The largest absolute Gasteiger partial charge is 0.350 e. The molecule has 1 amide bonds. The van der Waals surface area contributed by atoms with Crippen LogP contribution in [-0.4, -0.2) is 15.9 Å². The van der Waals surface area contributed by atoms with Gasteiger partial charge in [0.1, 0.15) is 5.82 Å². The van der Waals surface area contributed by atoms with Gasteiger partial charge in [-0.1, -0.05) is 41.4 Å². The van der Waals surface area contributed by atoms with E-state index in [1.165, 1.54) is 0 Å². The number of rotatable bonds is 5. The quantitative estimate of drug-likeness (QED) is 0.692. The van der Waals surface area contributed by atoms with Crippen molar-refractivity contribution in [2.45, 2.75) is 25.8 Å². The Morgan fingerprint density at radius 1 is 1.21 bits per heavy atom. The molecule has 1 atom stereocenters. The third-order valence-electron chi connectivity index (χ3n) is 3.85. The number of nitrogens with one attached hydrogen (secondary N) is 2. The van der Waals surface area contributed by atoms with Crippen LogP contribution in [0, 0.1) is 0 Å². The Morgan fingerprint density at radius 2 is 2.00 bits per heavy atom. The summed E-state index contributed by atoms with van der Waals surface area (Å²) in [4.78, 5) is 19.9. The lowest BCUT2D eigenvalue weighted by molar-refractivity contribution is -0.121. The van der Waals surface area contributed by atoms with Crippen LogP contribution in [0.4, 0.5) is 0 Å². The lowest BCUT2D eigenvalue weighted by Crippen LogP contribution is -2.26. The van der Waals surface area contributed by atoms with Gasteiger partial charge in [0.05, 0.1) is 27.1 Å². The third-order valence-corrected chi connectivity index (χ3v) is 4.59. The van der Waals surface area contributed by atoms with Crippen LogP contribution >= 0.6 is 23.2 Å². The number of imidazole rings is 1. The number of hydrogen-bond acceptors (Lipinski definition) is 2. The number of carbonyl (C=O) groups excluding carboxylic acids is 1. The fraction of sp³-hybridized carbons (Fsp3) is 0.222. The van der Waals surface area contributed by atoms with E-state index in [4.69, 9.17) is 23.2 Å². The minimum absolute atomic E-state index is 0.0333. The number of carbonyl (C=O) groups is 1. The van der Waals surface area contributed by atoms with Gasteiger partial charge in [0.15, 0.2) is 0 Å². The number of halogens is 2. The topological polar surface area (TPSA) is 57.8 Å². The van der Waals surface area contributed by atoms with Crippen LogP contribution in [0.1, 0.15) is 30.8 Å². The highest BCUT2D eigenvalue weighted by molar-refractivity contribution is 6.42. The van der Waals surface area contributed by atoms with Crippen molar-refractivity contribution < 1.29 is 4.79 Å². The van der Waals surface area contributed by atoms with Gasteiger partial charge in [-0.3, -0.25) is 4.79 Å². The van der Waals surface area contributed by atoms with Crippen LogP contribution < -0.4 is 5.32 Å².